The number of halogens is 2. The Morgan fingerprint density at radius 1 is 1.09 bits per heavy atom. The molecule has 1 aliphatic rings. The molecular formula is C26H28F2N4O3. The fourth-order valence-electron chi connectivity index (χ4n) is 4.20. The predicted molar refractivity (Wildman–Crippen MR) is 129 cm³/mol. The van der Waals surface area contributed by atoms with E-state index in [9.17, 15) is 13.6 Å². The van der Waals surface area contributed by atoms with Gasteiger partial charge in [-0.05, 0) is 43.7 Å². The van der Waals surface area contributed by atoms with Crippen LogP contribution in [0.1, 0.15) is 29.8 Å². The Labute approximate surface area is 202 Å². The van der Waals surface area contributed by atoms with Gasteiger partial charge in [-0.25, -0.2) is 4.98 Å². The van der Waals surface area contributed by atoms with Crippen LogP contribution < -0.4 is 20.5 Å². The van der Waals surface area contributed by atoms with Crippen LogP contribution in [0.25, 0.3) is 11.1 Å². The number of aromatic nitrogens is 1. The Balaban J connectivity index is 1.47. The van der Waals surface area contributed by atoms with Crippen molar-refractivity contribution in [3.63, 3.8) is 0 Å². The second-order valence-corrected chi connectivity index (χ2v) is 8.64. The molecule has 1 fully saturated rings. The molecule has 0 aliphatic carbocycles. The van der Waals surface area contributed by atoms with E-state index in [1.807, 2.05) is 17.0 Å². The average Bonchev–Trinajstić information content (AvgIpc) is 2.83. The number of benzene rings is 2. The third-order valence-corrected chi connectivity index (χ3v) is 5.76. The summed E-state index contributed by atoms with van der Waals surface area (Å²) in [7, 11) is 0. The van der Waals surface area contributed by atoms with E-state index in [-0.39, 0.29) is 36.2 Å². The molecule has 3 N–H and O–H groups in total. The second kappa shape index (κ2) is 10.7. The number of pyridine rings is 1. The van der Waals surface area contributed by atoms with E-state index < -0.39 is 6.61 Å². The number of piperazine rings is 1. The maximum Gasteiger partial charge on any atom is 0.387 e. The van der Waals surface area contributed by atoms with Crippen LogP contribution >= 0.6 is 0 Å². The van der Waals surface area contributed by atoms with Crippen molar-refractivity contribution in [3.8, 4) is 22.6 Å². The van der Waals surface area contributed by atoms with Crippen LogP contribution in [-0.2, 0) is 6.61 Å². The first kappa shape index (κ1) is 24.4. The molecule has 1 aliphatic heterocycles. The van der Waals surface area contributed by atoms with Crippen molar-refractivity contribution in [2.75, 3.05) is 18.8 Å². The van der Waals surface area contributed by atoms with Gasteiger partial charge >= 0.3 is 6.61 Å². The molecule has 0 saturated carbocycles. The third-order valence-electron chi connectivity index (χ3n) is 5.76. The molecule has 0 radical (unpaired) electrons. The predicted octanol–water partition coefficient (Wildman–Crippen LogP) is 4.33. The number of hydrogen-bond acceptors (Lipinski definition) is 6. The Morgan fingerprint density at radius 3 is 2.46 bits per heavy atom. The molecule has 3 aromatic rings. The van der Waals surface area contributed by atoms with E-state index in [4.69, 9.17) is 10.5 Å². The lowest BCUT2D eigenvalue weighted by molar-refractivity contribution is -0.0508. The topological polar surface area (TPSA) is 89.7 Å². The Hall–Kier alpha value is -3.72. The number of para-hydroxylation sites is 1. The molecule has 184 valence electrons. The van der Waals surface area contributed by atoms with Gasteiger partial charge in [0.25, 0.3) is 5.91 Å². The molecule has 0 spiro atoms. The minimum atomic E-state index is -2.93. The summed E-state index contributed by atoms with van der Waals surface area (Å²) in [5.74, 6) is 0.535. The van der Waals surface area contributed by atoms with E-state index >= 15 is 0 Å². The molecule has 35 heavy (non-hydrogen) atoms. The van der Waals surface area contributed by atoms with Crippen molar-refractivity contribution in [1.82, 2.24) is 15.2 Å². The highest BCUT2D eigenvalue weighted by atomic mass is 19.3. The number of rotatable bonds is 7. The van der Waals surface area contributed by atoms with E-state index in [0.717, 1.165) is 11.1 Å². The van der Waals surface area contributed by atoms with Crippen molar-refractivity contribution in [2.24, 2.45) is 0 Å². The number of ether oxygens (including phenoxy) is 2. The summed E-state index contributed by atoms with van der Waals surface area (Å²) in [6.45, 7) is 2.51. The van der Waals surface area contributed by atoms with Crippen LogP contribution in [0.5, 0.6) is 11.5 Å². The number of nitrogens with zero attached hydrogens (tertiary/aromatic N) is 2. The van der Waals surface area contributed by atoms with Gasteiger partial charge < -0.3 is 25.4 Å². The van der Waals surface area contributed by atoms with Gasteiger partial charge in [0.15, 0.2) is 11.6 Å². The van der Waals surface area contributed by atoms with Gasteiger partial charge in [-0.3, -0.25) is 4.79 Å². The number of carbonyl (C=O) groups excluding carboxylic acids is 1. The van der Waals surface area contributed by atoms with Gasteiger partial charge in [0, 0.05) is 48.1 Å². The number of nitrogens with one attached hydrogen (secondary N) is 1. The van der Waals surface area contributed by atoms with Gasteiger partial charge in [-0.15, -0.1) is 0 Å². The lowest BCUT2D eigenvalue weighted by Crippen LogP contribution is -2.55. The van der Waals surface area contributed by atoms with Crippen LogP contribution in [-0.4, -0.2) is 47.6 Å². The lowest BCUT2D eigenvalue weighted by atomic mass is 10.0. The van der Waals surface area contributed by atoms with Gasteiger partial charge in [-0.2, -0.15) is 8.78 Å². The minimum absolute atomic E-state index is 0.000820. The molecular weight excluding hydrogens is 454 g/mol. The Bertz CT molecular complexity index is 1160. The highest BCUT2D eigenvalue weighted by molar-refractivity contribution is 5.95. The molecule has 2 atom stereocenters. The number of anilines is 1. The molecule has 1 amide bonds. The molecule has 2 unspecified atom stereocenters. The molecule has 2 aromatic carbocycles. The number of nitrogens with two attached hydrogens (primary N) is 1. The molecule has 0 bridgehead atoms. The van der Waals surface area contributed by atoms with Crippen LogP contribution in [0, 0.1) is 0 Å². The minimum Gasteiger partial charge on any atom is -0.485 e. The zero-order valence-corrected chi connectivity index (χ0v) is 19.6. The SMILES string of the molecule is CC1CN(C(=O)c2ccc(-c3cnc(N)c(OCc4ccccc4OC(F)F)c3)cc2)CC(C)N1. The number of carbonyl (C=O) groups is 1. The molecule has 2 heterocycles. The summed E-state index contributed by atoms with van der Waals surface area (Å²) in [6.07, 6.45) is 1.62. The summed E-state index contributed by atoms with van der Waals surface area (Å²) in [4.78, 5) is 19.0. The number of amides is 1. The van der Waals surface area contributed by atoms with Crippen LogP contribution in [0.3, 0.4) is 0 Å². The molecule has 4 rings (SSSR count). The van der Waals surface area contributed by atoms with Crippen molar-refractivity contribution in [3.05, 3.63) is 71.9 Å². The highest BCUT2D eigenvalue weighted by Crippen LogP contribution is 2.29. The Kier molecular flexibility index (Phi) is 7.45. The highest BCUT2D eigenvalue weighted by Gasteiger charge is 2.25. The average molecular weight is 483 g/mol. The summed E-state index contributed by atoms with van der Waals surface area (Å²) >= 11 is 0. The van der Waals surface area contributed by atoms with E-state index in [2.05, 4.69) is 28.9 Å². The largest absolute Gasteiger partial charge is 0.485 e. The number of alkyl halides is 2. The first-order chi connectivity index (χ1) is 16.8. The van der Waals surface area contributed by atoms with Gasteiger partial charge in [0.2, 0.25) is 0 Å². The monoisotopic (exact) mass is 482 g/mol. The molecule has 1 aromatic heterocycles. The zero-order chi connectivity index (χ0) is 24.9. The number of hydrogen-bond donors (Lipinski definition) is 2. The molecule has 7 nitrogen and oxygen atoms in total. The van der Waals surface area contributed by atoms with Crippen LogP contribution in [0.15, 0.2) is 60.8 Å². The normalized spacial score (nSPS) is 17.9. The van der Waals surface area contributed by atoms with Gasteiger partial charge in [-0.1, -0.05) is 30.3 Å². The fourth-order valence-corrected chi connectivity index (χ4v) is 4.20. The van der Waals surface area contributed by atoms with Crippen molar-refractivity contribution in [2.45, 2.75) is 39.1 Å². The van der Waals surface area contributed by atoms with E-state index in [0.29, 0.717) is 30.0 Å². The first-order valence-electron chi connectivity index (χ1n) is 11.4. The summed E-state index contributed by atoms with van der Waals surface area (Å²) in [5.41, 5.74) is 8.63. The molecule has 1 saturated heterocycles. The molecule has 9 heteroatoms. The van der Waals surface area contributed by atoms with Gasteiger partial charge in [0.05, 0.1) is 0 Å². The maximum atomic E-state index is 12.9. The standard InChI is InChI=1S/C26H28F2N4O3/c1-16-13-32(14-17(2)31-16)25(33)19-9-7-18(8-10-19)21-11-23(24(29)30-12-21)34-15-20-5-3-4-6-22(20)35-26(27)28/h3-12,16-17,26,31H,13-15H2,1-2H3,(H2,29,30). The fraction of sp³-hybridized carbons (Fsp3) is 0.308. The smallest absolute Gasteiger partial charge is 0.387 e. The van der Waals surface area contributed by atoms with Gasteiger partial charge in [0.1, 0.15) is 12.4 Å². The Morgan fingerprint density at radius 2 is 1.77 bits per heavy atom. The summed E-state index contributed by atoms with van der Waals surface area (Å²) in [6, 6.07) is 15.9. The van der Waals surface area contributed by atoms with Crippen LogP contribution in [0.4, 0.5) is 14.6 Å². The first-order valence-corrected chi connectivity index (χ1v) is 11.4. The summed E-state index contributed by atoms with van der Waals surface area (Å²) < 4.78 is 35.7. The lowest BCUT2D eigenvalue weighted by Gasteiger charge is -2.36. The van der Waals surface area contributed by atoms with E-state index in [1.165, 1.54) is 6.07 Å². The van der Waals surface area contributed by atoms with Crippen molar-refractivity contribution >= 4 is 11.7 Å². The van der Waals surface area contributed by atoms with Crippen molar-refractivity contribution < 1.29 is 23.0 Å². The van der Waals surface area contributed by atoms with Crippen LogP contribution in [0.2, 0.25) is 0 Å². The number of nitrogen functional groups attached to an aromatic ring is 1. The second-order valence-electron chi connectivity index (χ2n) is 8.64. The quantitative estimate of drug-likeness (QED) is 0.521. The summed E-state index contributed by atoms with van der Waals surface area (Å²) in [5, 5.41) is 3.42. The zero-order valence-electron chi connectivity index (χ0n) is 19.6. The maximum absolute atomic E-state index is 12.9. The van der Waals surface area contributed by atoms with E-state index in [1.54, 1.807) is 42.6 Å². The third kappa shape index (κ3) is 6.05. The van der Waals surface area contributed by atoms with Crippen molar-refractivity contribution in [1.29, 1.82) is 0 Å².